The standard InChI is InChI=1S/C17H14ClN3O5S/c1-24-9-15-20-21-17(27-15)19-16(23)13-6-12(22)14(8-26-13)25-7-10-2-4-11(18)5-3-10/h2-6,8H,7,9H2,1H3,(H,19,21,23). The largest absolute Gasteiger partial charge is 0.482 e. The van der Waals surface area contributed by atoms with Gasteiger partial charge in [-0.2, -0.15) is 0 Å². The zero-order valence-corrected chi connectivity index (χ0v) is 15.7. The maximum atomic E-state index is 12.2. The Labute approximate surface area is 162 Å². The number of carbonyl (C=O) groups is 1. The first-order chi connectivity index (χ1) is 13.0. The highest BCUT2D eigenvalue weighted by molar-refractivity contribution is 7.15. The molecule has 2 aromatic heterocycles. The van der Waals surface area contributed by atoms with Crippen LogP contribution in [0, 0.1) is 0 Å². The second-order valence-electron chi connectivity index (χ2n) is 5.28. The quantitative estimate of drug-likeness (QED) is 0.641. The predicted octanol–water partition coefficient (Wildman–Crippen LogP) is 3.12. The third-order valence-corrected chi connectivity index (χ3v) is 4.35. The Hall–Kier alpha value is -2.75. The van der Waals surface area contributed by atoms with Crippen LogP contribution in [0.2, 0.25) is 5.02 Å². The van der Waals surface area contributed by atoms with Crippen LogP contribution in [0.4, 0.5) is 5.13 Å². The molecule has 10 heteroatoms. The van der Waals surface area contributed by atoms with E-state index in [1.54, 1.807) is 24.3 Å². The molecule has 27 heavy (non-hydrogen) atoms. The number of benzene rings is 1. The van der Waals surface area contributed by atoms with Crippen molar-refractivity contribution in [1.82, 2.24) is 10.2 Å². The monoisotopic (exact) mass is 407 g/mol. The summed E-state index contributed by atoms with van der Waals surface area (Å²) in [4.78, 5) is 24.3. The number of carbonyl (C=O) groups excluding carboxylic acids is 1. The lowest BCUT2D eigenvalue weighted by Gasteiger charge is -2.06. The van der Waals surface area contributed by atoms with Crippen LogP contribution in [0.25, 0.3) is 0 Å². The molecule has 0 saturated heterocycles. The van der Waals surface area contributed by atoms with E-state index in [1.165, 1.54) is 7.11 Å². The molecule has 1 aromatic carbocycles. The average Bonchev–Trinajstić information content (AvgIpc) is 3.09. The molecule has 0 bridgehead atoms. The summed E-state index contributed by atoms with van der Waals surface area (Å²) in [5.41, 5.74) is 0.362. The van der Waals surface area contributed by atoms with E-state index in [9.17, 15) is 9.59 Å². The lowest BCUT2D eigenvalue weighted by Crippen LogP contribution is -2.15. The molecule has 2 heterocycles. The molecule has 3 rings (SSSR count). The fourth-order valence-electron chi connectivity index (χ4n) is 2.01. The summed E-state index contributed by atoms with van der Waals surface area (Å²) in [5, 5.41) is 11.7. The minimum atomic E-state index is -0.614. The molecule has 0 atom stereocenters. The van der Waals surface area contributed by atoms with Crippen molar-refractivity contribution >= 4 is 34.0 Å². The molecule has 1 N–H and O–H groups in total. The summed E-state index contributed by atoms with van der Waals surface area (Å²) in [6.07, 6.45) is 1.10. The number of anilines is 1. The molecule has 0 fully saturated rings. The van der Waals surface area contributed by atoms with Crippen molar-refractivity contribution in [2.24, 2.45) is 0 Å². The zero-order valence-electron chi connectivity index (χ0n) is 14.1. The van der Waals surface area contributed by atoms with Gasteiger partial charge in [-0.15, -0.1) is 10.2 Å². The van der Waals surface area contributed by atoms with Gasteiger partial charge in [0.2, 0.25) is 16.3 Å². The van der Waals surface area contributed by atoms with Crippen LogP contribution in [0.5, 0.6) is 5.75 Å². The van der Waals surface area contributed by atoms with Crippen molar-refractivity contribution in [3.8, 4) is 5.75 Å². The second kappa shape index (κ2) is 8.76. The zero-order chi connectivity index (χ0) is 19.2. The van der Waals surface area contributed by atoms with E-state index in [4.69, 9.17) is 25.5 Å². The Balaban J connectivity index is 1.63. The summed E-state index contributed by atoms with van der Waals surface area (Å²) in [5.74, 6) is -0.779. The van der Waals surface area contributed by atoms with Gasteiger partial charge in [0, 0.05) is 18.2 Å². The lowest BCUT2D eigenvalue weighted by molar-refractivity contribution is 0.0993. The van der Waals surface area contributed by atoms with Crippen molar-refractivity contribution < 1.29 is 18.7 Å². The minimum Gasteiger partial charge on any atom is -0.482 e. The summed E-state index contributed by atoms with van der Waals surface area (Å²) in [7, 11) is 1.53. The first-order valence-electron chi connectivity index (χ1n) is 7.68. The highest BCUT2D eigenvalue weighted by Crippen LogP contribution is 2.17. The molecular weight excluding hydrogens is 394 g/mol. The van der Waals surface area contributed by atoms with Gasteiger partial charge < -0.3 is 13.9 Å². The van der Waals surface area contributed by atoms with Crippen molar-refractivity contribution in [3.63, 3.8) is 0 Å². The number of rotatable bonds is 7. The van der Waals surface area contributed by atoms with Crippen molar-refractivity contribution in [3.05, 3.63) is 68.2 Å². The molecule has 140 valence electrons. The smallest absolute Gasteiger partial charge is 0.293 e. The highest BCUT2D eigenvalue weighted by Gasteiger charge is 2.15. The van der Waals surface area contributed by atoms with Crippen molar-refractivity contribution in [2.45, 2.75) is 13.2 Å². The van der Waals surface area contributed by atoms with E-state index in [2.05, 4.69) is 15.5 Å². The lowest BCUT2D eigenvalue weighted by atomic mass is 10.2. The van der Waals surface area contributed by atoms with Gasteiger partial charge >= 0.3 is 0 Å². The Morgan fingerprint density at radius 2 is 2.04 bits per heavy atom. The highest BCUT2D eigenvalue weighted by atomic mass is 35.5. The Bertz CT molecular complexity index is 987. The van der Waals surface area contributed by atoms with Crippen LogP contribution in [-0.2, 0) is 18.0 Å². The third-order valence-electron chi connectivity index (χ3n) is 3.28. The van der Waals surface area contributed by atoms with Crippen LogP contribution >= 0.6 is 22.9 Å². The number of nitrogens with one attached hydrogen (secondary N) is 1. The second-order valence-corrected chi connectivity index (χ2v) is 6.77. The summed E-state index contributed by atoms with van der Waals surface area (Å²) in [6.45, 7) is 0.461. The van der Waals surface area contributed by atoms with Crippen LogP contribution in [0.3, 0.4) is 0 Å². The molecule has 0 spiro atoms. The molecular formula is C17H14ClN3O5S. The fourth-order valence-corrected chi connectivity index (χ4v) is 2.84. The van der Waals surface area contributed by atoms with Gasteiger partial charge in [-0.25, -0.2) is 0 Å². The summed E-state index contributed by atoms with van der Waals surface area (Å²) in [6, 6.07) is 8.07. The first-order valence-corrected chi connectivity index (χ1v) is 8.87. The SMILES string of the molecule is COCc1nnc(NC(=O)c2cc(=O)c(OCc3ccc(Cl)cc3)co2)s1. The van der Waals surface area contributed by atoms with Gasteiger partial charge in [0.25, 0.3) is 5.91 Å². The van der Waals surface area contributed by atoms with E-state index >= 15 is 0 Å². The summed E-state index contributed by atoms with van der Waals surface area (Å²) >= 11 is 6.98. The molecule has 1 amide bonds. The Morgan fingerprint density at radius 3 is 2.74 bits per heavy atom. The maximum Gasteiger partial charge on any atom is 0.293 e. The normalized spacial score (nSPS) is 10.6. The van der Waals surface area contributed by atoms with Gasteiger partial charge in [-0.05, 0) is 17.7 Å². The van der Waals surface area contributed by atoms with E-state index in [1.807, 2.05) is 0 Å². The van der Waals surface area contributed by atoms with Gasteiger partial charge in [0.05, 0.1) is 0 Å². The molecule has 0 radical (unpaired) electrons. The third kappa shape index (κ3) is 5.13. The average molecular weight is 408 g/mol. The van der Waals surface area contributed by atoms with Gasteiger partial charge in [0.1, 0.15) is 24.5 Å². The van der Waals surface area contributed by atoms with Crippen LogP contribution in [0.15, 0.2) is 45.8 Å². The van der Waals surface area contributed by atoms with Crippen molar-refractivity contribution in [2.75, 3.05) is 12.4 Å². The van der Waals surface area contributed by atoms with Crippen molar-refractivity contribution in [1.29, 1.82) is 0 Å². The first kappa shape index (κ1) is 19.0. The molecule has 0 aliphatic rings. The number of aromatic nitrogens is 2. The maximum absolute atomic E-state index is 12.2. The molecule has 0 aliphatic heterocycles. The minimum absolute atomic E-state index is 0.000189. The van der Waals surface area contributed by atoms with E-state index in [0.717, 1.165) is 29.2 Å². The molecule has 8 nitrogen and oxygen atoms in total. The van der Waals surface area contributed by atoms with E-state index < -0.39 is 11.3 Å². The molecule has 0 unspecified atom stereocenters. The van der Waals surface area contributed by atoms with Crippen LogP contribution in [0.1, 0.15) is 21.1 Å². The number of amides is 1. The Kier molecular flexibility index (Phi) is 6.17. The number of ether oxygens (including phenoxy) is 2. The molecule has 0 aliphatic carbocycles. The summed E-state index contributed by atoms with van der Waals surface area (Å²) < 4.78 is 15.6. The van der Waals surface area contributed by atoms with Crippen LogP contribution < -0.4 is 15.5 Å². The predicted molar refractivity (Wildman–Crippen MR) is 99.3 cm³/mol. The number of halogens is 1. The van der Waals surface area contributed by atoms with Gasteiger partial charge in [0.15, 0.2) is 5.76 Å². The number of methoxy groups -OCH3 is 1. The van der Waals surface area contributed by atoms with Gasteiger partial charge in [-0.1, -0.05) is 35.1 Å². The van der Waals surface area contributed by atoms with Crippen LogP contribution in [-0.4, -0.2) is 23.2 Å². The van der Waals surface area contributed by atoms with E-state index in [-0.39, 0.29) is 23.2 Å². The number of hydrogen-bond acceptors (Lipinski definition) is 8. The number of nitrogens with zero attached hydrogens (tertiary/aromatic N) is 2. The number of hydrogen-bond donors (Lipinski definition) is 1. The fraction of sp³-hybridized carbons (Fsp3) is 0.176. The van der Waals surface area contributed by atoms with E-state index in [0.29, 0.717) is 16.6 Å². The van der Waals surface area contributed by atoms with Gasteiger partial charge in [-0.3, -0.25) is 14.9 Å². The molecule has 0 saturated carbocycles. The molecule has 3 aromatic rings. The Morgan fingerprint density at radius 1 is 1.26 bits per heavy atom. The topological polar surface area (TPSA) is 104 Å².